The fourth-order valence-corrected chi connectivity index (χ4v) is 2.04. The Balaban J connectivity index is 1.82. The summed E-state index contributed by atoms with van der Waals surface area (Å²) in [6, 6.07) is 3.40. The maximum atomic E-state index is 11.9. The molecule has 118 valence electrons. The third-order valence-electron chi connectivity index (χ3n) is 3.34. The molecule has 2 aromatic rings. The number of rotatable bonds is 5. The van der Waals surface area contributed by atoms with Crippen LogP contribution in [-0.2, 0) is 11.8 Å². The molecular formula is C17H23N3O2. The molecule has 22 heavy (non-hydrogen) atoms. The largest absolute Gasteiger partial charge is 0.445 e. The van der Waals surface area contributed by atoms with Crippen molar-refractivity contribution in [3.05, 3.63) is 47.4 Å². The summed E-state index contributed by atoms with van der Waals surface area (Å²) in [4.78, 5) is 20.3. The van der Waals surface area contributed by atoms with Crippen LogP contribution in [0.25, 0.3) is 0 Å². The Hall–Kier alpha value is -2.17. The Morgan fingerprint density at radius 1 is 1.27 bits per heavy atom. The van der Waals surface area contributed by atoms with E-state index in [9.17, 15) is 4.79 Å². The van der Waals surface area contributed by atoms with Gasteiger partial charge in [-0.25, -0.2) is 4.98 Å². The van der Waals surface area contributed by atoms with Crippen molar-refractivity contribution in [2.45, 2.75) is 46.0 Å². The van der Waals surface area contributed by atoms with E-state index in [0.717, 1.165) is 30.2 Å². The van der Waals surface area contributed by atoms with Gasteiger partial charge in [0, 0.05) is 36.3 Å². The number of aryl methyl sites for hydroxylation is 2. The molecule has 0 bridgehead atoms. The van der Waals surface area contributed by atoms with Crippen LogP contribution in [0.5, 0.6) is 0 Å². The zero-order valence-electron chi connectivity index (χ0n) is 13.6. The van der Waals surface area contributed by atoms with Crippen LogP contribution in [0, 0.1) is 6.92 Å². The Morgan fingerprint density at radius 3 is 2.55 bits per heavy atom. The van der Waals surface area contributed by atoms with Crippen molar-refractivity contribution >= 4 is 5.91 Å². The van der Waals surface area contributed by atoms with Crippen LogP contribution in [0.4, 0.5) is 0 Å². The minimum absolute atomic E-state index is 0.0768. The Labute approximate surface area is 131 Å². The second kappa shape index (κ2) is 6.73. The summed E-state index contributed by atoms with van der Waals surface area (Å²) in [6.45, 7) is 8.81. The minimum Gasteiger partial charge on any atom is -0.445 e. The van der Waals surface area contributed by atoms with Gasteiger partial charge >= 0.3 is 0 Å². The molecule has 0 spiro atoms. The van der Waals surface area contributed by atoms with E-state index in [0.29, 0.717) is 12.1 Å². The maximum Gasteiger partial charge on any atom is 0.251 e. The van der Waals surface area contributed by atoms with Crippen molar-refractivity contribution in [2.24, 2.45) is 0 Å². The summed E-state index contributed by atoms with van der Waals surface area (Å²) in [6.07, 6.45) is 4.81. The SMILES string of the molecule is Cc1nc(C(C)(C)C)oc1CCCNC(=O)c1ccncc1. The molecule has 5 nitrogen and oxygen atoms in total. The van der Waals surface area contributed by atoms with E-state index in [2.05, 4.69) is 36.1 Å². The number of carbonyl (C=O) groups excluding carboxylic acids is 1. The van der Waals surface area contributed by atoms with Crippen molar-refractivity contribution in [3.63, 3.8) is 0 Å². The molecule has 0 unspecified atom stereocenters. The molecule has 0 aliphatic heterocycles. The van der Waals surface area contributed by atoms with E-state index in [1.165, 1.54) is 0 Å². The number of aromatic nitrogens is 2. The van der Waals surface area contributed by atoms with Gasteiger partial charge in [0.25, 0.3) is 5.91 Å². The topological polar surface area (TPSA) is 68.0 Å². The number of amides is 1. The first kappa shape index (κ1) is 16.2. The van der Waals surface area contributed by atoms with Crippen LogP contribution in [0.2, 0.25) is 0 Å². The molecule has 5 heteroatoms. The second-order valence-corrected chi connectivity index (χ2v) is 6.37. The number of nitrogens with one attached hydrogen (secondary N) is 1. The number of nitrogens with zero attached hydrogens (tertiary/aromatic N) is 2. The van der Waals surface area contributed by atoms with Crippen molar-refractivity contribution in [3.8, 4) is 0 Å². The van der Waals surface area contributed by atoms with Gasteiger partial charge in [0.2, 0.25) is 0 Å². The molecule has 0 fully saturated rings. The molecule has 0 atom stereocenters. The van der Waals surface area contributed by atoms with Crippen LogP contribution in [0.15, 0.2) is 28.9 Å². The smallest absolute Gasteiger partial charge is 0.251 e. The number of pyridine rings is 1. The van der Waals surface area contributed by atoms with E-state index in [-0.39, 0.29) is 11.3 Å². The Kier molecular flexibility index (Phi) is 4.96. The van der Waals surface area contributed by atoms with Gasteiger partial charge in [-0.3, -0.25) is 9.78 Å². The van der Waals surface area contributed by atoms with E-state index in [1.54, 1.807) is 24.5 Å². The number of hydrogen-bond donors (Lipinski definition) is 1. The Morgan fingerprint density at radius 2 is 1.95 bits per heavy atom. The quantitative estimate of drug-likeness (QED) is 0.862. The summed E-state index contributed by atoms with van der Waals surface area (Å²) in [5.74, 6) is 1.59. The molecule has 0 aliphatic carbocycles. The highest BCUT2D eigenvalue weighted by molar-refractivity contribution is 5.93. The minimum atomic E-state index is -0.0848. The number of oxazole rings is 1. The molecule has 0 aromatic carbocycles. The van der Waals surface area contributed by atoms with Crippen molar-refractivity contribution in [2.75, 3.05) is 6.54 Å². The van der Waals surface area contributed by atoms with Crippen molar-refractivity contribution < 1.29 is 9.21 Å². The summed E-state index contributed by atoms with van der Waals surface area (Å²) in [5, 5.41) is 2.90. The van der Waals surface area contributed by atoms with Crippen LogP contribution >= 0.6 is 0 Å². The molecule has 2 aromatic heterocycles. The van der Waals surface area contributed by atoms with Crippen LogP contribution < -0.4 is 5.32 Å². The fraction of sp³-hybridized carbons (Fsp3) is 0.471. The first-order chi connectivity index (χ1) is 10.4. The van der Waals surface area contributed by atoms with E-state index >= 15 is 0 Å². The lowest BCUT2D eigenvalue weighted by molar-refractivity contribution is 0.0953. The average Bonchev–Trinajstić information content (AvgIpc) is 2.86. The standard InChI is InChI=1S/C17H23N3O2/c1-12-14(22-16(20-12)17(2,3)4)6-5-9-19-15(21)13-7-10-18-11-8-13/h7-8,10-11H,5-6,9H2,1-4H3,(H,19,21). The fourth-order valence-electron chi connectivity index (χ4n) is 2.04. The lowest BCUT2D eigenvalue weighted by atomic mass is 9.97. The van der Waals surface area contributed by atoms with Gasteiger partial charge in [0.15, 0.2) is 5.89 Å². The van der Waals surface area contributed by atoms with Gasteiger partial charge in [0.05, 0.1) is 5.69 Å². The normalized spacial score (nSPS) is 11.5. The molecule has 2 rings (SSSR count). The Bertz CT molecular complexity index is 627. The van der Waals surface area contributed by atoms with Gasteiger partial charge < -0.3 is 9.73 Å². The van der Waals surface area contributed by atoms with Gasteiger partial charge in [-0.2, -0.15) is 0 Å². The predicted octanol–water partition coefficient (Wildman–Crippen LogP) is 3.04. The number of hydrogen-bond acceptors (Lipinski definition) is 4. The average molecular weight is 301 g/mol. The van der Waals surface area contributed by atoms with Gasteiger partial charge in [-0.05, 0) is 25.5 Å². The molecule has 0 radical (unpaired) electrons. The highest BCUT2D eigenvalue weighted by atomic mass is 16.4. The molecule has 0 saturated heterocycles. The van der Waals surface area contributed by atoms with E-state index < -0.39 is 0 Å². The highest BCUT2D eigenvalue weighted by Gasteiger charge is 2.21. The molecule has 0 saturated carbocycles. The highest BCUT2D eigenvalue weighted by Crippen LogP contribution is 2.24. The third-order valence-corrected chi connectivity index (χ3v) is 3.34. The van der Waals surface area contributed by atoms with Gasteiger partial charge in [-0.15, -0.1) is 0 Å². The van der Waals surface area contributed by atoms with Crippen LogP contribution in [-0.4, -0.2) is 22.4 Å². The van der Waals surface area contributed by atoms with Crippen LogP contribution in [0.1, 0.15) is 54.9 Å². The predicted molar refractivity (Wildman–Crippen MR) is 84.8 cm³/mol. The maximum absolute atomic E-state index is 11.9. The lowest BCUT2D eigenvalue weighted by Crippen LogP contribution is -2.24. The zero-order valence-corrected chi connectivity index (χ0v) is 13.6. The monoisotopic (exact) mass is 301 g/mol. The molecule has 2 heterocycles. The van der Waals surface area contributed by atoms with Gasteiger partial charge in [0.1, 0.15) is 5.76 Å². The summed E-state index contributed by atoms with van der Waals surface area (Å²) >= 11 is 0. The summed E-state index contributed by atoms with van der Waals surface area (Å²) in [7, 11) is 0. The lowest BCUT2D eigenvalue weighted by Gasteiger charge is -2.12. The number of carbonyl (C=O) groups is 1. The zero-order chi connectivity index (χ0) is 16.2. The molecule has 1 N–H and O–H groups in total. The van der Waals surface area contributed by atoms with Crippen LogP contribution in [0.3, 0.4) is 0 Å². The molecule has 1 amide bonds. The third kappa shape index (κ3) is 4.16. The molecular weight excluding hydrogens is 278 g/mol. The van der Waals surface area contributed by atoms with Crippen molar-refractivity contribution in [1.82, 2.24) is 15.3 Å². The first-order valence-electron chi connectivity index (χ1n) is 7.53. The summed E-state index contributed by atoms with van der Waals surface area (Å²) < 4.78 is 5.84. The summed E-state index contributed by atoms with van der Waals surface area (Å²) in [5.41, 5.74) is 1.48. The van der Waals surface area contributed by atoms with Gasteiger partial charge in [-0.1, -0.05) is 20.8 Å². The van der Waals surface area contributed by atoms with E-state index in [4.69, 9.17) is 4.42 Å². The second-order valence-electron chi connectivity index (χ2n) is 6.37. The van der Waals surface area contributed by atoms with E-state index in [1.807, 2.05) is 6.92 Å². The molecule has 0 aliphatic rings. The van der Waals surface area contributed by atoms with Crippen molar-refractivity contribution in [1.29, 1.82) is 0 Å². The first-order valence-corrected chi connectivity index (χ1v) is 7.53.